The molecule has 1 aliphatic rings. The van der Waals surface area contributed by atoms with Crippen LogP contribution in [0.25, 0.3) is 0 Å². The summed E-state index contributed by atoms with van der Waals surface area (Å²) in [6, 6.07) is 9.66. The molecule has 1 N–H and O–H groups in total. The first-order valence-corrected chi connectivity index (χ1v) is 8.52. The van der Waals surface area contributed by atoms with Crippen LogP contribution in [0.1, 0.15) is 29.1 Å². The van der Waals surface area contributed by atoms with E-state index < -0.39 is 0 Å². The fourth-order valence-electron chi connectivity index (χ4n) is 1.88. The van der Waals surface area contributed by atoms with Crippen LogP contribution in [0.15, 0.2) is 34.5 Å². The van der Waals surface area contributed by atoms with Gasteiger partial charge in [-0.1, -0.05) is 12.1 Å². The minimum Gasteiger partial charge on any atom is -0.310 e. The normalized spacial score (nSPS) is 14.8. The topological polar surface area (TPSA) is 24.9 Å². The van der Waals surface area contributed by atoms with E-state index in [0.29, 0.717) is 0 Å². The molecular weight excluding hydrogens is 272 g/mol. The van der Waals surface area contributed by atoms with Crippen molar-refractivity contribution >= 4 is 23.1 Å². The summed E-state index contributed by atoms with van der Waals surface area (Å²) in [5, 5.41) is 6.84. The predicted octanol–water partition coefficient (Wildman–Crippen LogP) is 4.00. The van der Waals surface area contributed by atoms with Crippen molar-refractivity contribution in [2.24, 2.45) is 0 Å². The van der Waals surface area contributed by atoms with Gasteiger partial charge >= 0.3 is 0 Å². The second-order valence-corrected chi connectivity index (χ2v) is 7.06. The molecule has 2 nitrogen and oxygen atoms in total. The maximum Gasteiger partial charge on any atom is 0.0897 e. The highest BCUT2D eigenvalue weighted by atomic mass is 32.2. The largest absolute Gasteiger partial charge is 0.310 e. The van der Waals surface area contributed by atoms with Crippen molar-refractivity contribution < 1.29 is 0 Å². The van der Waals surface area contributed by atoms with E-state index in [2.05, 4.69) is 46.9 Å². The van der Waals surface area contributed by atoms with Gasteiger partial charge in [-0.25, -0.2) is 4.98 Å². The fraction of sp³-hybridized carbons (Fsp3) is 0.400. The Bertz CT molecular complexity index is 529. The molecule has 0 radical (unpaired) electrons. The Kier molecular flexibility index (Phi) is 4.21. The summed E-state index contributed by atoms with van der Waals surface area (Å²) in [6.45, 7) is 3.06. The molecule has 0 saturated heterocycles. The van der Waals surface area contributed by atoms with Crippen LogP contribution in [0.4, 0.5) is 0 Å². The lowest BCUT2D eigenvalue weighted by Crippen LogP contribution is -2.14. The summed E-state index contributed by atoms with van der Waals surface area (Å²) in [6.07, 6.45) is 2.70. The molecular formula is C15H18N2S2. The van der Waals surface area contributed by atoms with Crippen molar-refractivity contribution in [3.63, 3.8) is 0 Å². The van der Waals surface area contributed by atoms with Gasteiger partial charge in [0.2, 0.25) is 0 Å². The third-order valence-electron chi connectivity index (χ3n) is 3.15. The average molecular weight is 290 g/mol. The number of hydrogen-bond acceptors (Lipinski definition) is 4. The van der Waals surface area contributed by atoms with Crippen LogP contribution >= 0.6 is 23.1 Å². The zero-order chi connectivity index (χ0) is 13.1. The van der Waals surface area contributed by atoms with E-state index >= 15 is 0 Å². The molecule has 1 aromatic heterocycles. The number of aryl methyl sites for hydroxylation is 1. The smallest absolute Gasteiger partial charge is 0.0897 e. The van der Waals surface area contributed by atoms with Gasteiger partial charge in [-0.05, 0) is 37.5 Å². The number of thiazole rings is 1. The molecule has 1 aliphatic carbocycles. The molecule has 19 heavy (non-hydrogen) atoms. The molecule has 3 rings (SSSR count). The zero-order valence-electron chi connectivity index (χ0n) is 11.1. The first-order valence-electron chi connectivity index (χ1n) is 6.66. The van der Waals surface area contributed by atoms with Crippen LogP contribution in [0.2, 0.25) is 0 Å². The average Bonchev–Trinajstić information content (AvgIpc) is 3.17. The molecule has 1 aromatic carbocycles. The third kappa shape index (κ3) is 4.06. The molecule has 0 aliphatic heterocycles. The number of nitrogens with zero attached hydrogens (tertiary/aromatic N) is 1. The summed E-state index contributed by atoms with van der Waals surface area (Å²) in [5.41, 5.74) is 2.56. The van der Waals surface area contributed by atoms with E-state index in [4.69, 9.17) is 0 Å². The van der Waals surface area contributed by atoms with Crippen molar-refractivity contribution in [2.75, 3.05) is 0 Å². The van der Waals surface area contributed by atoms with Gasteiger partial charge in [-0.3, -0.25) is 0 Å². The van der Waals surface area contributed by atoms with E-state index in [1.54, 1.807) is 11.3 Å². The standard InChI is InChI=1S/C15H18N2S2/c1-11-17-14(9-18-11)10-19-15-6-2-12(3-7-15)8-16-13-4-5-13/h2-3,6-7,9,13,16H,4-5,8,10H2,1H3. The molecule has 0 spiro atoms. The first kappa shape index (κ1) is 13.2. The van der Waals surface area contributed by atoms with E-state index in [9.17, 15) is 0 Å². The summed E-state index contributed by atoms with van der Waals surface area (Å²) in [5.74, 6) is 0.962. The molecule has 0 unspecified atom stereocenters. The molecule has 1 heterocycles. The SMILES string of the molecule is Cc1nc(CSc2ccc(CNC3CC3)cc2)cs1. The molecule has 4 heteroatoms. The molecule has 2 aromatic rings. The summed E-state index contributed by atoms with van der Waals surface area (Å²) < 4.78 is 0. The summed E-state index contributed by atoms with van der Waals surface area (Å²) in [7, 11) is 0. The van der Waals surface area contributed by atoms with Crippen molar-refractivity contribution in [3.05, 3.63) is 45.9 Å². The highest BCUT2D eigenvalue weighted by Gasteiger charge is 2.19. The van der Waals surface area contributed by atoms with Gasteiger partial charge in [-0.2, -0.15) is 0 Å². The van der Waals surface area contributed by atoms with Gasteiger partial charge in [0.05, 0.1) is 10.7 Å². The minimum absolute atomic E-state index is 0.780. The van der Waals surface area contributed by atoms with Crippen molar-refractivity contribution in [1.82, 2.24) is 10.3 Å². The highest BCUT2D eigenvalue weighted by molar-refractivity contribution is 7.98. The van der Waals surface area contributed by atoms with E-state index in [0.717, 1.165) is 23.3 Å². The lowest BCUT2D eigenvalue weighted by atomic mass is 10.2. The second-order valence-electron chi connectivity index (χ2n) is 4.95. The van der Waals surface area contributed by atoms with Gasteiger partial charge in [-0.15, -0.1) is 23.1 Å². The number of rotatable bonds is 6. The van der Waals surface area contributed by atoms with Crippen LogP contribution in [0.5, 0.6) is 0 Å². The van der Waals surface area contributed by atoms with E-state index in [1.165, 1.54) is 29.0 Å². The number of benzene rings is 1. The summed E-state index contributed by atoms with van der Waals surface area (Å²) >= 11 is 3.58. The predicted molar refractivity (Wildman–Crippen MR) is 82.7 cm³/mol. The molecule has 0 amide bonds. The van der Waals surface area contributed by atoms with Crippen LogP contribution in [0, 0.1) is 6.92 Å². The molecule has 0 atom stereocenters. The monoisotopic (exact) mass is 290 g/mol. The Morgan fingerprint density at radius 3 is 2.74 bits per heavy atom. The Balaban J connectivity index is 1.50. The van der Waals surface area contributed by atoms with Crippen LogP contribution in [-0.4, -0.2) is 11.0 Å². The maximum atomic E-state index is 4.49. The lowest BCUT2D eigenvalue weighted by Gasteiger charge is -2.04. The number of nitrogens with one attached hydrogen (secondary N) is 1. The van der Waals surface area contributed by atoms with E-state index in [1.807, 2.05) is 11.8 Å². The Morgan fingerprint density at radius 2 is 2.11 bits per heavy atom. The van der Waals surface area contributed by atoms with E-state index in [-0.39, 0.29) is 0 Å². The van der Waals surface area contributed by atoms with Crippen molar-refractivity contribution in [2.45, 2.75) is 43.0 Å². The quantitative estimate of drug-likeness (QED) is 0.814. The minimum atomic E-state index is 0.780. The van der Waals surface area contributed by atoms with Crippen LogP contribution in [0.3, 0.4) is 0 Å². The Hall–Kier alpha value is -0.840. The molecule has 0 bridgehead atoms. The number of aromatic nitrogens is 1. The first-order chi connectivity index (χ1) is 9.29. The Morgan fingerprint density at radius 1 is 1.32 bits per heavy atom. The van der Waals surface area contributed by atoms with Crippen molar-refractivity contribution in [1.29, 1.82) is 0 Å². The summed E-state index contributed by atoms with van der Waals surface area (Å²) in [4.78, 5) is 5.81. The third-order valence-corrected chi connectivity index (χ3v) is 5.02. The van der Waals surface area contributed by atoms with Crippen LogP contribution in [-0.2, 0) is 12.3 Å². The molecule has 1 fully saturated rings. The lowest BCUT2D eigenvalue weighted by molar-refractivity contribution is 0.687. The number of thioether (sulfide) groups is 1. The van der Waals surface area contributed by atoms with Gasteiger partial charge < -0.3 is 5.32 Å². The van der Waals surface area contributed by atoms with Gasteiger partial charge in [0, 0.05) is 28.6 Å². The molecule has 100 valence electrons. The maximum absolute atomic E-state index is 4.49. The molecule has 1 saturated carbocycles. The fourth-order valence-corrected chi connectivity index (χ4v) is 3.39. The number of hydrogen-bond donors (Lipinski definition) is 1. The second kappa shape index (κ2) is 6.07. The van der Waals surface area contributed by atoms with Gasteiger partial charge in [0.25, 0.3) is 0 Å². The Labute approximate surface area is 122 Å². The van der Waals surface area contributed by atoms with Crippen molar-refractivity contribution in [3.8, 4) is 0 Å². The highest BCUT2D eigenvalue weighted by Crippen LogP contribution is 2.24. The zero-order valence-corrected chi connectivity index (χ0v) is 12.7. The van der Waals surface area contributed by atoms with Gasteiger partial charge in [0.1, 0.15) is 0 Å². The van der Waals surface area contributed by atoms with Crippen LogP contribution < -0.4 is 5.32 Å². The van der Waals surface area contributed by atoms with Gasteiger partial charge in [0.15, 0.2) is 0 Å².